The van der Waals surface area contributed by atoms with Crippen LogP contribution < -0.4 is 0 Å². The van der Waals surface area contributed by atoms with Crippen molar-refractivity contribution < 1.29 is 9.72 Å². The molecule has 0 spiro atoms. The summed E-state index contributed by atoms with van der Waals surface area (Å²) in [5, 5.41) is 10.5. The minimum absolute atomic E-state index is 0.00227. The van der Waals surface area contributed by atoms with Crippen LogP contribution in [0.2, 0.25) is 0 Å². The molecule has 2 rings (SSSR count). The zero-order chi connectivity index (χ0) is 10.1. The highest BCUT2D eigenvalue weighted by atomic mass is 32.2. The topological polar surface area (TPSA) is 60.2 Å². The van der Waals surface area contributed by atoms with Crippen molar-refractivity contribution in [2.45, 2.75) is 11.3 Å². The van der Waals surface area contributed by atoms with Crippen LogP contribution in [0.15, 0.2) is 23.1 Å². The molecule has 5 heteroatoms. The summed E-state index contributed by atoms with van der Waals surface area (Å²) in [6, 6.07) is 4.45. The number of benzene rings is 1. The molecule has 0 aromatic heterocycles. The number of carbonyl (C=O) groups excluding carboxylic acids is 1. The number of nitro benzene ring substituents is 1. The Labute approximate surface area is 84.5 Å². The van der Waals surface area contributed by atoms with Crippen molar-refractivity contribution in [1.82, 2.24) is 0 Å². The molecule has 1 heterocycles. The molecule has 0 aliphatic carbocycles. The van der Waals surface area contributed by atoms with Crippen molar-refractivity contribution in [1.29, 1.82) is 0 Å². The average Bonchev–Trinajstić information content (AvgIpc) is 2.18. The molecular formula is C9H7NO3S. The third-order valence-corrected chi connectivity index (χ3v) is 3.14. The van der Waals surface area contributed by atoms with Crippen molar-refractivity contribution in [3.05, 3.63) is 33.9 Å². The largest absolute Gasteiger partial charge is 0.294 e. The van der Waals surface area contributed by atoms with E-state index in [1.807, 2.05) is 0 Å². The van der Waals surface area contributed by atoms with Gasteiger partial charge in [0, 0.05) is 34.8 Å². The maximum absolute atomic E-state index is 11.4. The summed E-state index contributed by atoms with van der Waals surface area (Å²) in [5.74, 6) is 0.770. The third kappa shape index (κ3) is 1.50. The fourth-order valence-corrected chi connectivity index (χ4v) is 2.36. The van der Waals surface area contributed by atoms with Gasteiger partial charge in [-0.3, -0.25) is 14.9 Å². The minimum atomic E-state index is -0.479. The standard InChI is InChI=1S/C9H7NO3S/c11-8-3-4-14-9-2-1-6(10(12)13)5-7(8)9/h1-2,5H,3-4H2. The second-order valence-electron chi connectivity index (χ2n) is 2.96. The zero-order valence-corrected chi connectivity index (χ0v) is 8.04. The lowest BCUT2D eigenvalue weighted by molar-refractivity contribution is -0.384. The lowest BCUT2D eigenvalue weighted by Crippen LogP contribution is -2.08. The molecule has 1 aliphatic rings. The first-order valence-corrected chi connectivity index (χ1v) is 5.11. The van der Waals surface area contributed by atoms with Crippen LogP contribution in [0.4, 0.5) is 5.69 Å². The van der Waals surface area contributed by atoms with Crippen molar-refractivity contribution in [2.24, 2.45) is 0 Å². The van der Waals surface area contributed by atoms with Gasteiger partial charge in [0.1, 0.15) is 0 Å². The third-order valence-electron chi connectivity index (χ3n) is 2.06. The Balaban J connectivity index is 2.51. The van der Waals surface area contributed by atoms with Crippen LogP contribution in [0.25, 0.3) is 0 Å². The molecule has 0 atom stereocenters. The second-order valence-corrected chi connectivity index (χ2v) is 4.10. The van der Waals surface area contributed by atoms with Gasteiger partial charge in [0.05, 0.1) is 4.92 Å². The maximum atomic E-state index is 11.4. The molecule has 0 saturated heterocycles. The first-order valence-electron chi connectivity index (χ1n) is 4.13. The van der Waals surface area contributed by atoms with Crippen LogP contribution >= 0.6 is 11.8 Å². The number of non-ortho nitro benzene ring substituents is 1. The SMILES string of the molecule is O=C1CCSc2ccc([N+](=O)[O-])cc21. The number of carbonyl (C=O) groups is 1. The van der Waals surface area contributed by atoms with Crippen LogP contribution in [0.5, 0.6) is 0 Å². The van der Waals surface area contributed by atoms with E-state index in [1.54, 1.807) is 17.8 Å². The summed E-state index contributed by atoms with van der Waals surface area (Å²) in [6.45, 7) is 0. The van der Waals surface area contributed by atoms with Crippen LogP contribution in [0, 0.1) is 10.1 Å². The summed E-state index contributed by atoms with van der Waals surface area (Å²) in [6.07, 6.45) is 0.471. The Hall–Kier alpha value is -1.36. The molecule has 4 nitrogen and oxygen atoms in total. The lowest BCUT2D eigenvalue weighted by Gasteiger charge is -2.12. The summed E-state index contributed by atoms with van der Waals surface area (Å²) < 4.78 is 0. The molecule has 0 unspecified atom stereocenters. The Morgan fingerprint density at radius 2 is 2.21 bits per heavy atom. The fraction of sp³-hybridized carbons (Fsp3) is 0.222. The zero-order valence-electron chi connectivity index (χ0n) is 7.23. The van der Waals surface area contributed by atoms with Crippen molar-refractivity contribution in [3.63, 3.8) is 0 Å². The molecule has 0 amide bonds. The van der Waals surface area contributed by atoms with Crippen LogP contribution in [0.3, 0.4) is 0 Å². The predicted octanol–water partition coefficient (Wildman–Crippen LogP) is 2.27. The first-order chi connectivity index (χ1) is 6.68. The smallest absolute Gasteiger partial charge is 0.270 e. The van der Waals surface area contributed by atoms with E-state index in [2.05, 4.69) is 0 Å². The molecule has 0 N–H and O–H groups in total. The molecule has 1 aromatic rings. The minimum Gasteiger partial charge on any atom is -0.294 e. The predicted molar refractivity (Wildman–Crippen MR) is 52.8 cm³/mol. The molecule has 72 valence electrons. The van der Waals surface area contributed by atoms with Crippen LogP contribution in [-0.2, 0) is 0 Å². The van der Waals surface area contributed by atoms with E-state index < -0.39 is 4.92 Å². The summed E-state index contributed by atoms with van der Waals surface area (Å²) in [4.78, 5) is 22.3. The highest BCUT2D eigenvalue weighted by Gasteiger charge is 2.20. The van der Waals surface area contributed by atoms with Crippen molar-refractivity contribution in [3.8, 4) is 0 Å². The van der Waals surface area contributed by atoms with Crippen LogP contribution in [-0.4, -0.2) is 16.5 Å². The van der Waals surface area contributed by atoms with Crippen LogP contribution in [0.1, 0.15) is 16.8 Å². The molecule has 14 heavy (non-hydrogen) atoms. The monoisotopic (exact) mass is 209 g/mol. The number of rotatable bonds is 1. The molecule has 0 saturated carbocycles. The molecule has 1 aliphatic heterocycles. The van der Waals surface area contributed by atoms with Gasteiger partial charge in [-0.1, -0.05) is 0 Å². The lowest BCUT2D eigenvalue weighted by atomic mass is 10.1. The molecule has 1 aromatic carbocycles. The number of fused-ring (bicyclic) bond motifs is 1. The normalized spacial score (nSPS) is 15.0. The van der Waals surface area contributed by atoms with E-state index in [9.17, 15) is 14.9 Å². The number of Topliss-reactive ketones (excluding diaryl/α,β-unsaturated/α-hetero) is 1. The van der Waals surface area contributed by atoms with Crippen molar-refractivity contribution >= 4 is 23.2 Å². The number of thioether (sulfide) groups is 1. The Morgan fingerprint density at radius 3 is 2.93 bits per heavy atom. The van der Waals surface area contributed by atoms with Gasteiger partial charge >= 0.3 is 0 Å². The molecule has 0 radical (unpaired) electrons. The quantitative estimate of drug-likeness (QED) is 0.525. The second kappa shape index (κ2) is 3.42. The summed E-state index contributed by atoms with van der Waals surface area (Å²) >= 11 is 1.57. The maximum Gasteiger partial charge on any atom is 0.270 e. The van der Waals surface area contributed by atoms with E-state index in [1.165, 1.54) is 12.1 Å². The Morgan fingerprint density at radius 1 is 1.43 bits per heavy atom. The fourth-order valence-electron chi connectivity index (χ4n) is 1.36. The van der Waals surface area contributed by atoms with Gasteiger partial charge in [0.2, 0.25) is 0 Å². The summed E-state index contributed by atoms with van der Waals surface area (Å²) in [7, 11) is 0. The van der Waals surface area contributed by atoms with Gasteiger partial charge in [-0.05, 0) is 6.07 Å². The van der Waals surface area contributed by atoms with E-state index in [0.717, 1.165) is 10.6 Å². The number of hydrogen-bond donors (Lipinski definition) is 0. The number of ketones is 1. The number of nitrogens with zero attached hydrogens (tertiary/aromatic N) is 1. The van der Waals surface area contributed by atoms with E-state index in [0.29, 0.717) is 12.0 Å². The highest BCUT2D eigenvalue weighted by Crippen LogP contribution is 2.32. The Kier molecular flexibility index (Phi) is 2.25. The van der Waals surface area contributed by atoms with Crippen molar-refractivity contribution in [2.75, 3.05) is 5.75 Å². The van der Waals surface area contributed by atoms with E-state index >= 15 is 0 Å². The highest BCUT2D eigenvalue weighted by molar-refractivity contribution is 7.99. The average molecular weight is 209 g/mol. The number of hydrogen-bond acceptors (Lipinski definition) is 4. The van der Waals surface area contributed by atoms with Gasteiger partial charge in [0.25, 0.3) is 5.69 Å². The molecular weight excluding hydrogens is 202 g/mol. The summed E-state index contributed by atoms with van der Waals surface area (Å²) in [5.41, 5.74) is 0.482. The number of nitro groups is 1. The first kappa shape index (κ1) is 9.21. The van der Waals surface area contributed by atoms with Gasteiger partial charge in [0.15, 0.2) is 5.78 Å². The van der Waals surface area contributed by atoms with Gasteiger partial charge in [-0.25, -0.2) is 0 Å². The van der Waals surface area contributed by atoms with Gasteiger partial charge < -0.3 is 0 Å². The van der Waals surface area contributed by atoms with E-state index in [4.69, 9.17) is 0 Å². The van der Waals surface area contributed by atoms with Gasteiger partial charge in [-0.15, -0.1) is 11.8 Å². The van der Waals surface area contributed by atoms with Gasteiger partial charge in [-0.2, -0.15) is 0 Å². The molecule has 0 bridgehead atoms. The Bertz CT molecular complexity index is 417. The molecule has 0 fully saturated rings. The van der Waals surface area contributed by atoms with E-state index in [-0.39, 0.29) is 11.5 Å².